The van der Waals surface area contributed by atoms with Crippen molar-refractivity contribution in [3.63, 3.8) is 0 Å². The van der Waals surface area contributed by atoms with Gasteiger partial charge in [-0.1, -0.05) is 23.4 Å². The van der Waals surface area contributed by atoms with Crippen molar-refractivity contribution in [1.82, 2.24) is 5.16 Å². The highest BCUT2D eigenvalue weighted by atomic mass is 16.5. The van der Waals surface area contributed by atoms with E-state index in [0.29, 0.717) is 11.3 Å². The van der Waals surface area contributed by atoms with E-state index in [-0.39, 0.29) is 18.1 Å². The van der Waals surface area contributed by atoms with Crippen LogP contribution in [-0.2, 0) is 11.2 Å². The van der Waals surface area contributed by atoms with Gasteiger partial charge in [0.15, 0.2) is 0 Å². The van der Waals surface area contributed by atoms with E-state index >= 15 is 0 Å². The van der Waals surface area contributed by atoms with Gasteiger partial charge in [-0.2, -0.15) is 0 Å². The van der Waals surface area contributed by atoms with Crippen LogP contribution in [0.25, 0.3) is 0 Å². The number of nitrogens with zero attached hydrogens (tertiary/aromatic N) is 1. The van der Waals surface area contributed by atoms with Gasteiger partial charge in [0.2, 0.25) is 5.91 Å². The predicted octanol–water partition coefficient (Wildman–Crippen LogP) is 1.56. The minimum atomic E-state index is -0.232. The topological polar surface area (TPSA) is 75.4 Å². The van der Waals surface area contributed by atoms with Gasteiger partial charge in [0.25, 0.3) is 0 Å². The number of anilines is 1. The molecule has 1 aromatic carbocycles. The van der Waals surface area contributed by atoms with Crippen LogP contribution in [0, 0.1) is 0 Å². The summed E-state index contributed by atoms with van der Waals surface area (Å²) in [5.74, 6) is -0.118. The van der Waals surface area contributed by atoms with E-state index in [1.54, 1.807) is 24.3 Å². The number of nitrogens with one attached hydrogen (secondary N) is 1. The number of phenolic OH excluding ortho intramolecular Hbond substituents is 1. The Labute approximate surface area is 91.7 Å². The monoisotopic (exact) mass is 218 g/mol. The lowest BCUT2D eigenvalue weighted by Crippen LogP contribution is -2.13. The van der Waals surface area contributed by atoms with Crippen LogP contribution in [-0.4, -0.2) is 16.2 Å². The molecule has 0 spiro atoms. The van der Waals surface area contributed by atoms with E-state index in [9.17, 15) is 9.90 Å². The first kappa shape index (κ1) is 10.2. The zero-order valence-corrected chi connectivity index (χ0v) is 8.38. The Morgan fingerprint density at radius 3 is 2.94 bits per heavy atom. The number of carbonyl (C=O) groups is 1. The van der Waals surface area contributed by atoms with Crippen LogP contribution in [0.5, 0.6) is 5.75 Å². The molecule has 5 heteroatoms. The average Bonchev–Trinajstić information content (AvgIpc) is 2.74. The first-order valence-electron chi connectivity index (χ1n) is 4.72. The second-order valence-electron chi connectivity index (χ2n) is 3.27. The Hall–Kier alpha value is -2.30. The molecule has 0 fully saturated rings. The Kier molecular flexibility index (Phi) is 2.86. The van der Waals surface area contributed by atoms with Crippen LogP contribution >= 0.6 is 0 Å². The number of aromatic nitrogens is 1. The highest BCUT2D eigenvalue weighted by Crippen LogP contribution is 2.16. The standard InChI is InChI=1S/C11H10N2O3/c14-10-4-2-1-3-8(10)5-11(15)13-9-6-12-16-7-9/h1-4,6-7,14H,5H2,(H,13,15). The molecule has 2 N–H and O–H groups in total. The van der Waals surface area contributed by atoms with Crippen LogP contribution < -0.4 is 5.32 Å². The smallest absolute Gasteiger partial charge is 0.229 e. The SMILES string of the molecule is O=C(Cc1ccccc1O)Nc1cnoc1. The highest BCUT2D eigenvalue weighted by molar-refractivity contribution is 5.92. The number of para-hydroxylation sites is 1. The molecular formula is C11H10N2O3. The summed E-state index contributed by atoms with van der Waals surface area (Å²) in [6.07, 6.45) is 2.85. The average molecular weight is 218 g/mol. The first-order chi connectivity index (χ1) is 7.75. The van der Waals surface area contributed by atoms with Gasteiger partial charge in [-0.15, -0.1) is 0 Å². The number of aromatic hydroxyl groups is 1. The summed E-state index contributed by atoms with van der Waals surface area (Å²) >= 11 is 0. The van der Waals surface area contributed by atoms with Crippen LogP contribution in [0.15, 0.2) is 41.2 Å². The lowest BCUT2D eigenvalue weighted by Gasteiger charge is -2.03. The van der Waals surface area contributed by atoms with E-state index in [4.69, 9.17) is 0 Å². The summed E-state index contributed by atoms with van der Waals surface area (Å²) in [4.78, 5) is 11.5. The molecule has 0 saturated carbocycles. The summed E-state index contributed by atoms with van der Waals surface area (Å²) in [6, 6.07) is 6.71. The van der Waals surface area contributed by atoms with Crippen LogP contribution in [0.4, 0.5) is 5.69 Å². The van der Waals surface area contributed by atoms with Gasteiger partial charge < -0.3 is 14.9 Å². The molecule has 0 unspecified atom stereocenters. The molecule has 1 heterocycles. The maximum absolute atomic E-state index is 11.5. The van der Waals surface area contributed by atoms with Gasteiger partial charge in [-0.3, -0.25) is 4.79 Å². The zero-order chi connectivity index (χ0) is 11.4. The van der Waals surface area contributed by atoms with E-state index in [1.165, 1.54) is 12.5 Å². The molecule has 0 radical (unpaired) electrons. The number of phenols is 1. The molecule has 0 bridgehead atoms. The fraction of sp³-hybridized carbons (Fsp3) is 0.0909. The van der Waals surface area contributed by atoms with Crippen molar-refractivity contribution in [2.75, 3.05) is 5.32 Å². The van der Waals surface area contributed by atoms with Gasteiger partial charge >= 0.3 is 0 Å². The zero-order valence-electron chi connectivity index (χ0n) is 8.38. The first-order valence-corrected chi connectivity index (χ1v) is 4.72. The van der Waals surface area contributed by atoms with Gasteiger partial charge in [0.1, 0.15) is 17.7 Å². The van der Waals surface area contributed by atoms with Crippen LogP contribution in [0.1, 0.15) is 5.56 Å². The predicted molar refractivity (Wildman–Crippen MR) is 56.9 cm³/mol. The highest BCUT2D eigenvalue weighted by Gasteiger charge is 2.07. The number of benzene rings is 1. The maximum Gasteiger partial charge on any atom is 0.229 e. The minimum absolute atomic E-state index is 0.109. The Balaban J connectivity index is 2.00. The van der Waals surface area contributed by atoms with Crippen LogP contribution in [0.2, 0.25) is 0 Å². The van der Waals surface area contributed by atoms with Gasteiger partial charge in [0.05, 0.1) is 12.6 Å². The molecule has 2 aromatic rings. The molecule has 0 atom stereocenters. The number of hydrogen-bond acceptors (Lipinski definition) is 4. The van der Waals surface area contributed by atoms with E-state index in [0.717, 1.165) is 0 Å². The minimum Gasteiger partial charge on any atom is -0.508 e. The second-order valence-corrected chi connectivity index (χ2v) is 3.27. The Morgan fingerprint density at radius 2 is 2.25 bits per heavy atom. The molecule has 5 nitrogen and oxygen atoms in total. The number of rotatable bonds is 3. The lowest BCUT2D eigenvalue weighted by molar-refractivity contribution is -0.115. The summed E-state index contributed by atoms with van der Waals surface area (Å²) in [7, 11) is 0. The number of amides is 1. The van der Waals surface area contributed by atoms with Gasteiger partial charge in [-0.05, 0) is 6.07 Å². The Morgan fingerprint density at radius 1 is 1.44 bits per heavy atom. The van der Waals surface area contributed by atoms with E-state index in [1.807, 2.05) is 0 Å². The molecule has 1 aromatic heterocycles. The molecule has 0 aliphatic heterocycles. The van der Waals surface area contributed by atoms with Gasteiger partial charge in [-0.25, -0.2) is 0 Å². The van der Waals surface area contributed by atoms with E-state index in [2.05, 4.69) is 15.0 Å². The van der Waals surface area contributed by atoms with Gasteiger partial charge in [0, 0.05) is 5.56 Å². The van der Waals surface area contributed by atoms with Crippen molar-refractivity contribution in [1.29, 1.82) is 0 Å². The van der Waals surface area contributed by atoms with Crippen molar-refractivity contribution in [2.24, 2.45) is 0 Å². The largest absolute Gasteiger partial charge is 0.508 e. The fourth-order valence-electron chi connectivity index (χ4n) is 1.31. The van der Waals surface area contributed by atoms with Crippen molar-refractivity contribution in [3.05, 3.63) is 42.3 Å². The van der Waals surface area contributed by atoms with Crippen LogP contribution in [0.3, 0.4) is 0 Å². The molecule has 1 amide bonds. The van der Waals surface area contributed by atoms with Crippen molar-refractivity contribution < 1.29 is 14.4 Å². The Bertz CT molecular complexity index is 480. The van der Waals surface area contributed by atoms with Crippen molar-refractivity contribution >= 4 is 11.6 Å². The van der Waals surface area contributed by atoms with E-state index < -0.39 is 0 Å². The molecule has 16 heavy (non-hydrogen) atoms. The summed E-state index contributed by atoms with van der Waals surface area (Å²) in [6.45, 7) is 0. The molecule has 82 valence electrons. The molecular weight excluding hydrogens is 208 g/mol. The normalized spacial score (nSPS) is 10.0. The molecule has 0 aliphatic carbocycles. The summed E-state index contributed by atoms with van der Waals surface area (Å²) in [5.41, 5.74) is 1.08. The third-order valence-electron chi connectivity index (χ3n) is 2.06. The quantitative estimate of drug-likeness (QED) is 0.819. The van der Waals surface area contributed by atoms with Crippen molar-refractivity contribution in [3.8, 4) is 5.75 Å². The number of carbonyl (C=O) groups excluding carboxylic acids is 1. The summed E-state index contributed by atoms with van der Waals surface area (Å²) in [5, 5.41) is 15.5. The molecule has 2 rings (SSSR count). The third kappa shape index (κ3) is 2.38. The number of hydrogen-bond donors (Lipinski definition) is 2. The summed E-state index contributed by atoms with van der Waals surface area (Å²) < 4.78 is 4.58. The maximum atomic E-state index is 11.5. The third-order valence-corrected chi connectivity index (χ3v) is 2.06. The molecule has 0 aliphatic rings. The fourth-order valence-corrected chi connectivity index (χ4v) is 1.31. The lowest BCUT2D eigenvalue weighted by atomic mass is 10.1. The second kappa shape index (κ2) is 4.48. The van der Waals surface area contributed by atoms with Crippen molar-refractivity contribution in [2.45, 2.75) is 6.42 Å². The molecule has 0 saturated heterocycles.